The first-order valence-corrected chi connectivity index (χ1v) is 12.5. The van der Waals surface area contributed by atoms with E-state index in [1.165, 1.54) is 75.6 Å². The second-order valence-electron chi connectivity index (χ2n) is 12.0. The number of hydrogen-bond acceptors (Lipinski definition) is 0. The molecule has 1 saturated carbocycles. The standard InChI is InChI=1S/C32H37.2ClH.Zr/c1-31(2,3)24-17-16-23-18-27-26(25(23)19-24)20-28(32(4,5)6)30(22-12-8-7-9-13-22)29(27)21-14-10-11-15-21;;;/h10-11,14,16-17,19-20H,7-9,12-13,15H2,1-6H3;2*1H;/q-1;;;+3/p-2. The number of allylic oxidation sites excluding steroid dienone is 4. The van der Waals surface area contributed by atoms with Gasteiger partial charge in [0.15, 0.2) is 0 Å². The SMILES string of the molecule is CC(C)(C)c1ccc2c(c1)=c1cc(C(C)(C)C)c(=C3CCCCC3)c(C3=CC=CC3)c1[C-]=2.[Cl-].[Cl-].[Zr+3]. The molecule has 5 rings (SSSR count). The fourth-order valence-corrected chi connectivity index (χ4v) is 5.64. The Hall–Kier alpha value is -0.877. The minimum atomic E-state index is 0. The van der Waals surface area contributed by atoms with Gasteiger partial charge in [0.05, 0.1) is 0 Å². The number of benzene rings is 2. The van der Waals surface area contributed by atoms with Crippen LogP contribution in [0, 0.1) is 10.4 Å². The summed E-state index contributed by atoms with van der Waals surface area (Å²) in [6, 6.07) is 9.56. The van der Waals surface area contributed by atoms with E-state index in [4.69, 9.17) is 0 Å². The third-order valence-electron chi connectivity index (χ3n) is 7.47. The van der Waals surface area contributed by atoms with Gasteiger partial charge in [-0.3, -0.25) is 0 Å². The summed E-state index contributed by atoms with van der Waals surface area (Å²) >= 11 is 0. The Kier molecular flexibility index (Phi) is 9.75. The minimum Gasteiger partial charge on any atom is -1.00 e. The summed E-state index contributed by atoms with van der Waals surface area (Å²) in [6.45, 7) is 14.1. The maximum atomic E-state index is 3.88. The number of halogens is 2. The zero-order chi connectivity index (χ0) is 22.7. The number of fused-ring (bicyclic) bond motifs is 2. The van der Waals surface area contributed by atoms with Crippen LogP contribution in [0.3, 0.4) is 0 Å². The molecule has 0 spiro atoms. The Labute approximate surface area is 243 Å². The first-order chi connectivity index (χ1) is 15.1. The summed E-state index contributed by atoms with van der Waals surface area (Å²) in [5, 5.41) is 5.57. The second-order valence-corrected chi connectivity index (χ2v) is 12.0. The van der Waals surface area contributed by atoms with E-state index in [2.05, 4.69) is 90.1 Å². The molecule has 0 aromatic heterocycles. The van der Waals surface area contributed by atoms with Crippen molar-refractivity contribution in [3.63, 3.8) is 0 Å². The molecule has 2 aromatic carbocycles. The predicted octanol–water partition coefficient (Wildman–Crippen LogP) is 1.05. The van der Waals surface area contributed by atoms with Crippen LogP contribution in [0.25, 0.3) is 17.2 Å². The quantitative estimate of drug-likeness (QED) is 0.376. The van der Waals surface area contributed by atoms with Crippen molar-refractivity contribution in [3.8, 4) is 0 Å². The van der Waals surface area contributed by atoms with Gasteiger partial charge in [0.1, 0.15) is 0 Å². The summed E-state index contributed by atoms with van der Waals surface area (Å²) in [4.78, 5) is 0. The van der Waals surface area contributed by atoms with Crippen LogP contribution in [0.1, 0.15) is 102 Å². The number of rotatable bonds is 1. The molecule has 2 aromatic rings. The first kappa shape index (κ1) is 30.3. The second kappa shape index (κ2) is 11.2. The van der Waals surface area contributed by atoms with Crippen molar-refractivity contribution >= 4 is 17.2 Å². The third-order valence-corrected chi connectivity index (χ3v) is 7.47. The van der Waals surface area contributed by atoms with Crippen LogP contribution in [0.15, 0.2) is 42.5 Å². The summed E-state index contributed by atoms with van der Waals surface area (Å²) in [7, 11) is 0. The molecule has 0 nitrogen and oxygen atoms in total. The van der Waals surface area contributed by atoms with Crippen molar-refractivity contribution in [1.29, 1.82) is 0 Å². The largest absolute Gasteiger partial charge is 3.00 e. The average Bonchev–Trinajstić information content (AvgIpc) is 3.39. The molecule has 0 atom stereocenters. The fourth-order valence-electron chi connectivity index (χ4n) is 5.64. The van der Waals surface area contributed by atoms with Crippen molar-refractivity contribution in [3.05, 3.63) is 85.6 Å². The Morgan fingerprint density at radius 1 is 0.800 bits per heavy atom. The third kappa shape index (κ3) is 5.69. The molecule has 0 bridgehead atoms. The van der Waals surface area contributed by atoms with Crippen molar-refractivity contribution in [2.45, 2.75) is 90.9 Å². The molecule has 0 saturated heterocycles. The molecule has 3 aliphatic rings. The van der Waals surface area contributed by atoms with Crippen LogP contribution in [-0.2, 0) is 37.0 Å². The zero-order valence-corrected chi connectivity index (χ0v) is 26.0. The zero-order valence-electron chi connectivity index (χ0n) is 22.0. The van der Waals surface area contributed by atoms with Gasteiger partial charge in [-0.25, -0.2) is 0 Å². The van der Waals surface area contributed by atoms with Crippen molar-refractivity contribution in [2.75, 3.05) is 0 Å². The normalized spacial score (nSPS) is 16.3. The minimum absolute atomic E-state index is 0. The molecule has 3 aliphatic carbocycles. The van der Waals surface area contributed by atoms with E-state index in [-0.39, 0.29) is 61.8 Å². The maximum absolute atomic E-state index is 3.88. The van der Waals surface area contributed by atoms with Gasteiger partial charge in [-0.15, -0.1) is 33.4 Å². The maximum Gasteiger partial charge on any atom is 3.00 e. The average molecular weight is 584 g/mol. The topological polar surface area (TPSA) is 0 Å². The van der Waals surface area contributed by atoms with Crippen LogP contribution < -0.4 is 35.3 Å². The Balaban J connectivity index is 0.00000144. The van der Waals surface area contributed by atoms with Crippen molar-refractivity contribution in [2.24, 2.45) is 0 Å². The smallest absolute Gasteiger partial charge is 1.00 e. The van der Waals surface area contributed by atoms with Gasteiger partial charge in [-0.2, -0.15) is 0 Å². The summed E-state index contributed by atoms with van der Waals surface area (Å²) in [5.74, 6) is 0. The molecule has 0 heterocycles. The van der Waals surface area contributed by atoms with Crippen molar-refractivity contribution in [1.82, 2.24) is 0 Å². The van der Waals surface area contributed by atoms with Gasteiger partial charge in [0.2, 0.25) is 0 Å². The van der Waals surface area contributed by atoms with Gasteiger partial charge in [0.25, 0.3) is 0 Å². The molecule has 1 fully saturated rings. The molecule has 183 valence electrons. The molecular formula is C32H37Cl2Zr. The molecule has 0 N–H and O–H groups in total. The van der Waals surface area contributed by atoms with Crippen LogP contribution in [0.5, 0.6) is 0 Å². The summed E-state index contributed by atoms with van der Waals surface area (Å²) in [5.41, 5.74) is 9.12. The van der Waals surface area contributed by atoms with E-state index in [1.807, 2.05) is 0 Å². The summed E-state index contributed by atoms with van der Waals surface area (Å²) < 4.78 is 0. The molecular weight excluding hydrogens is 546 g/mol. The van der Waals surface area contributed by atoms with Gasteiger partial charge in [-0.05, 0) is 53.7 Å². The molecule has 35 heavy (non-hydrogen) atoms. The van der Waals surface area contributed by atoms with Crippen LogP contribution in [0.4, 0.5) is 0 Å². The predicted molar refractivity (Wildman–Crippen MR) is 138 cm³/mol. The van der Waals surface area contributed by atoms with E-state index in [0.29, 0.717) is 0 Å². The van der Waals surface area contributed by atoms with E-state index < -0.39 is 0 Å². The van der Waals surface area contributed by atoms with E-state index in [1.54, 1.807) is 10.8 Å². The van der Waals surface area contributed by atoms with Crippen LogP contribution >= 0.6 is 0 Å². The molecule has 0 unspecified atom stereocenters. The van der Waals surface area contributed by atoms with Crippen LogP contribution in [0.2, 0.25) is 0 Å². The van der Waals surface area contributed by atoms with Gasteiger partial charge < -0.3 is 24.8 Å². The Morgan fingerprint density at radius 3 is 2.06 bits per heavy atom. The van der Waals surface area contributed by atoms with E-state index in [9.17, 15) is 0 Å². The van der Waals surface area contributed by atoms with Gasteiger partial charge in [-0.1, -0.05) is 107 Å². The Bertz CT molecular complexity index is 1370. The van der Waals surface area contributed by atoms with E-state index in [0.717, 1.165) is 6.42 Å². The van der Waals surface area contributed by atoms with Gasteiger partial charge >= 0.3 is 26.2 Å². The monoisotopic (exact) mass is 581 g/mol. The Morgan fingerprint density at radius 2 is 1.49 bits per heavy atom. The number of hydrogen-bond donors (Lipinski definition) is 0. The summed E-state index contributed by atoms with van der Waals surface area (Å²) in [6.07, 6.45) is 18.3. The molecule has 3 heteroatoms. The molecule has 0 amide bonds. The fraction of sp³-hybridized carbons (Fsp3) is 0.438. The molecule has 1 radical (unpaired) electrons. The van der Waals surface area contributed by atoms with Crippen LogP contribution in [-0.4, -0.2) is 0 Å². The van der Waals surface area contributed by atoms with Crippen molar-refractivity contribution < 1.29 is 51.0 Å². The van der Waals surface area contributed by atoms with E-state index >= 15 is 0 Å². The van der Waals surface area contributed by atoms with Gasteiger partial charge in [0, 0.05) is 0 Å². The first-order valence-electron chi connectivity index (χ1n) is 12.5. The molecule has 0 aliphatic heterocycles.